The standard InChI is InChI=1S/C6H4N2O/c1-2-5-4-9-8-7-6(5)3-1/h1-4H. The van der Waals surface area contributed by atoms with E-state index in [0.29, 0.717) is 0 Å². The van der Waals surface area contributed by atoms with E-state index in [-0.39, 0.29) is 0 Å². The van der Waals surface area contributed by atoms with Gasteiger partial charge in [-0.3, -0.25) is 0 Å². The summed E-state index contributed by atoms with van der Waals surface area (Å²) < 4.78 is 4.59. The Bertz CT molecular complexity index is 251. The van der Waals surface area contributed by atoms with E-state index in [1.54, 1.807) is 6.26 Å². The maximum Gasteiger partial charge on any atom is 0.133 e. The summed E-state index contributed by atoms with van der Waals surface area (Å²) in [6.45, 7) is 0. The molecule has 0 N–H and O–H groups in total. The lowest BCUT2D eigenvalue weighted by Crippen LogP contribution is -1.81. The summed E-state index contributed by atoms with van der Waals surface area (Å²) in [5, 5.41) is 7.08. The summed E-state index contributed by atoms with van der Waals surface area (Å²) in [5.41, 5.74) is 1.87. The van der Waals surface area contributed by atoms with E-state index in [2.05, 4.69) is 14.9 Å². The van der Waals surface area contributed by atoms with Crippen LogP contribution in [0.5, 0.6) is 0 Å². The highest BCUT2D eigenvalue weighted by Gasteiger charge is 2.00. The van der Waals surface area contributed by atoms with Crippen LogP contribution in [0.3, 0.4) is 0 Å². The van der Waals surface area contributed by atoms with Crippen LogP contribution in [0, 0.1) is 0 Å². The fourth-order valence-electron chi connectivity index (χ4n) is 0.763. The van der Waals surface area contributed by atoms with Crippen LogP contribution in [0.2, 0.25) is 0 Å². The number of aromatic nitrogens is 2. The zero-order valence-electron chi connectivity index (χ0n) is 4.61. The van der Waals surface area contributed by atoms with Gasteiger partial charge in [0, 0.05) is 10.8 Å². The van der Waals surface area contributed by atoms with Gasteiger partial charge >= 0.3 is 0 Å². The molecule has 0 spiro atoms. The minimum absolute atomic E-state index is 0.876. The normalized spacial score (nSPS) is 10.2. The Labute approximate surface area is 51.6 Å². The molecule has 1 heterocycles. The van der Waals surface area contributed by atoms with Crippen molar-refractivity contribution >= 4 is 0 Å². The Kier molecular flexibility index (Phi) is 0.773. The van der Waals surface area contributed by atoms with Crippen molar-refractivity contribution < 1.29 is 4.52 Å². The molecule has 2 rings (SSSR count). The summed E-state index contributed by atoms with van der Waals surface area (Å²) in [7, 11) is 0. The van der Waals surface area contributed by atoms with Crippen molar-refractivity contribution in [2.75, 3.05) is 0 Å². The van der Waals surface area contributed by atoms with Gasteiger partial charge in [0.05, 0.1) is 5.69 Å². The van der Waals surface area contributed by atoms with Gasteiger partial charge in [-0.15, -0.1) is 5.10 Å². The summed E-state index contributed by atoms with van der Waals surface area (Å²) in [6.07, 6.45) is 1.57. The molecule has 0 aromatic heterocycles. The number of hydrogen-bond donors (Lipinski definition) is 0. The highest BCUT2D eigenvalue weighted by Crippen LogP contribution is 2.16. The van der Waals surface area contributed by atoms with Crippen molar-refractivity contribution in [2.45, 2.75) is 0 Å². The van der Waals surface area contributed by atoms with E-state index in [4.69, 9.17) is 0 Å². The molecular formula is C6H4N2O. The van der Waals surface area contributed by atoms with Crippen molar-refractivity contribution in [3.63, 3.8) is 0 Å². The van der Waals surface area contributed by atoms with E-state index in [0.717, 1.165) is 11.3 Å². The second-order valence-electron chi connectivity index (χ2n) is 1.77. The first-order valence-corrected chi connectivity index (χ1v) is 2.62. The van der Waals surface area contributed by atoms with Gasteiger partial charge in [0.1, 0.15) is 6.26 Å². The summed E-state index contributed by atoms with van der Waals surface area (Å²) >= 11 is 0. The summed E-state index contributed by atoms with van der Waals surface area (Å²) in [4.78, 5) is 0. The summed E-state index contributed by atoms with van der Waals surface area (Å²) in [6, 6.07) is 5.72. The van der Waals surface area contributed by atoms with Gasteiger partial charge in [0.15, 0.2) is 0 Å². The quantitative estimate of drug-likeness (QED) is 0.524. The monoisotopic (exact) mass is 120 g/mol. The Hall–Kier alpha value is -1.38. The van der Waals surface area contributed by atoms with Crippen LogP contribution in [-0.4, -0.2) is 10.4 Å². The predicted molar refractivity (Wildman–Crippen MR) is 30.9 cm³/mol. The van der Waals surface area contributed by atoms with Gasteiger partial charge in [0.25, 0.3) is 0 Å². The highest BCUT2D eigenvalue weighted by molar-refractivity contribution is 5.59. The Balaban J connectivity index is 2.79. The van der Waals surface area contributed by atoms with E-state index >= 15 is 0 Å². The van der Waals surface area contributed by atoms with Crippen LogP contribution < -0.4 is 0 Å². The topological polar surface area (TPSA) is 38.9 Å². The second-order valence-corrected chi connectivity index (χ2v) is 1.77. The Morgan fingerprint density at radius 2 is 2.33 bits per heavy atom. The van der Waals surface area contributed by atoms with Crippen LogP contribution in [-0.2, 0) is 0 Å². The van der Waals surface area contributed by atoms with Gasteiger partial charge in [-0.1, -0.05) is 6.07 Å². The van der Waals surface area contributed by atoms with Crippen LogP contribution in [0.15, 0.2) is 29.0 Å². The molecule has 0 saturated carbocycles. The Morgan fingerprint density at radius 1 is 1.33 bits per heavy atom. The molecular weight excluding hydrogens is 116 g/mol. The molecule has 9 heavy (non-hydrogen) atoms. The zero-order chi connectivity index (χ0) is 6.10. The third-order valence-electron chi connectivity index (χ3n) is 1.20. The number of nitrogens with zero attached hydrogens (tertiary/aromatic N) is 2. The lowest BCUT2D eigenvalue weighted by atomic mass is 10.3. The molecule has 0 bridgehead atoms. The van der Waals surface area contributed by atoms with E-state index in [1.165, 1.54) is 0 Å². The molecule has 0 aromatic carbocycles. The average Bonchev–Trinajstić information content (AvgIpc) is 2.33. The molecule has 2 aliphatic rings. The Morgan fingerprint density at radius 3 is 3.22 bits per heavy atom. The first kappa shape index (κ1) is 4.49. The maximum atomic E-state index is 4.59. The third kappa shape index (κ3) is 0.579. The minimum atomic E-state index is 0.876. The summed E-state index contributed by atoms with van der Waals surface area (Å²) in [5.74, 6) is 0. The molecule has 0 fully saturated rings. The number of hydrogen-bond acceptors (Lipinski definition) is 3. The van der Waals surface area contributed by atoms with Crippen molar-refractivity contribution in [2.24, 2.45) is 0 Å². The average molecular weight is 120 g/mol. The lowest BCUT2D eigenvalue weighted by molar-refractivity contribution is 0.362. The molecule has 3 nitrogen and oxygen atoms in total. The van der Waals surface area contributed by atoms with Gasteiger partial charge < -0.3 is 4.52 Å². The predicted octanol–water partition coefficient (Wildman–Crippen LogP) is 1.17. The molecule has 44 valence electrons. The van der Waals surface area contributed by atoms with Gasteiger partial charge in [-0.25, -0.2) is 0 Å². The zero-order valence-corrected chi connectivity index (χ0v) is 4.61. The first-order chi connectivity index (χ1) is 4.47. The molecule has 3 heteroatoms. The maximum absolute atomic E-state index is 4.59. The number of rotatable bonds is 0. The molecule has 1 aliphatic heterocycles. The van der Waals surface area contributed by atoms with Crippen molar-refractivity contribution in [3.8, 4) is 11.3 Å². The SMILES string of the molecule is c1cc2connc-2c1. The van der Waals surface area contributed by atoms with Crippen LogP contribution >= 0.6 is 0 Å². The molecule has 0 unspecified atom stereocenters. The molecule has 1 aliphatic carbocycles. The highest BCUT2D eigenvalue weighted by atomic mass is 16.5. The van der Waals surface area contributed by atoms with Gasteiger partial charge in [-0.05, 0) is 12.1 Å². The molecule has 0 saturated heterocycles. The van der Waals surface area contributed by atoms with Crippen LogP contribution in [0.1, 0.15) is 0 Å². The van der Waals surface area contributed by atoms with Crippen LogP contribution in [0.25, 0.3) is 11.3 Å². The fraction of sp³-hybridized carbons (Fsp3) is 0. The van der Waals surface area contributed by atoms with Gasteiger partial charge in [0.2, 0.25) is 0 Å². The van der Waals surface area contributed by atoms with Crippen LogP contribution in [0.4, 0.5) is 0 Å². The molecule has 0 atom stereocenters. The van der Waals surface area contributed by atoms with E-state index < -0.39 is 0 Å². The van der Waals surface area contributed by atoms with Crippen molar-refractivity contribution in [1.82, 2.24) is 10.4 Å². The van der Waals surface area contributed by atoms with E-state index in [1.807, 2.05) is 18.2 Å². The fourth-order valence-corrected chi connectivity index (χ4v) is 0.763. The molecule has 0 amide bonds. The largest absolute Gasteiger partial charge is 0.347 e. The van der Waals surface area contributed by atoms with E-state index in [9.17, 15) is 0 Å². The smallest absolute Gasteiger partial charge is 0.133 e. The van der Waals surface area contributed by atoms with Crippen molar-refractivity contribution in [1.29, 1.82) is 0 Å². The lowest BCUT2D eigenvalue weighted by Gasteiger charge is -1.88. The second kappa shape index (κ2) is 1.55. The van der Waals surface area contributed by atoms with Gasteiger partial charge in [-0.2, -0.15) is 0 Å². The third-order valence-corrected chi connectivity index (χ3v) is 1.20. The molecule has 0 aromatic rings. The van der Waals surface area contributed by atoms with Crippen molar-refractivity contribution in [3.05, 3.63) is 24.5 Å². The first-order valence-electron chi connectivity index (χ1n) is 2.62. The minimum Gasteiger partial charge on any atom is -0.347 e. The number of fused-ring (bicyclic) bond motifs is 1. The molecule has 0 radical (unpaired) electrons.